The van der Waals surface area contributed by atoms with Crippen molar-refractivity contribution >= 4 is 11.5 Å². The molecule has 8 heteroatoms. The SMILES string of the molecule is CCOc1ncnc(NCC(F)(F)CO)c1N. The molecule has 0 aliphatic carbocycles. The topological polar surface area (TPSA) is 93.3 Å². The van der Waals surface area contributed by atoms with Crippen LogP contribution in [0, 0.1) is 0 Å². The molecule has 0 saturated carbocycles. The highest BCUT2D eigenvalue weighted by Crippen LogP contribution is 2.25. The van der Waals surface area contributed by atoms with Crippen molar-refractivity contribution < 1.29 is 18.6 Å². The first-order chi connectivity index (χ1) is 8.00. The van der Waals surface area contributed by atoms with Crippen LogP contribution in [-0.2, 0) is 0 Å². The number of aromatic nitrogens is 2. The summed E-state index contributed by atoms with van der Waals surface area (Å²) in [5.74, 6) is -3.04. The van der Waals surface area contributed by atoms with E-state index in [1.807, 2.05) is 0 Å². The van der Waals surface area contributed by atoms with E-state index in [0.717, 1.165) is 6.33 Å². The van der Waals surface area contributed by atoms with Crippen LogP contribution < -0.4 is 15.8 Å². The molecule has 17 heavy (non-hydrogen) atoms. The van der Waals surface area contributed by atoms with Gasteiger partial charge in [-0.2, -0.15) is 4.98 Å². The first-order valence-corrected chi connectivity index (χ1v) is 4.96. The predicted octanol–water partition coefficient (Wildman–Crippen LogP) is 0.497. The average molecular weight is 248 g/mol. The number of hydrogen-bond acceptors (Lipinski definition) is 6. The third-order valence-electron chi connectivity index (χ3n) is 1.87. The van der Waals surface area contributed by atoms with Crippen LogP contribution in [0.4, 0.5) is 20.3 Å². The second-order valence-electron chi connectivity index (χ2n) is 3.24. The Morgan fingerprint density at radius 1 is 1.53 bits per heavy atom. The molecule has 0 amide bonds. The van der Waals surface area contributed by atoms with Gasteiger partial charge in [0.15, 0.2) is 5.82 Å². The molecule has 0 unspecified atom stereocenters. The van der Waals surface area contributed by atoms with E-state index in [4.69, 9.17) is 15.6 Å². The van der Waals surface area contributed by atoms with Gasteiger partial charge in [0, 0.05) is 0 Å². The van der Waals surface area contributed by atoms with Gasteiger partial charge in [0.25, 0.3) is 5.92 Å². The van der Waals surface area contributed by atoms with Gasteiger partial charge < -0.3 is 20.9 Å². The van der Waals surface area contributed by atoms with Gasteiger partial charge in [-0.1, -0.05) is 0 Å². The van der Waals surface area contributed by atoms with Gasteiger partial charge in [-0.15, -0.1) is 0 Å². The zero-order chi connectivity index (χ0) is 12.9. The summed E-state index contributed by atoms with van der Waals surface area (Å²) in [6, 6.07) is 0. The summed E-state index contributed by atoms with van der Waals surface area (Å²) in [7, 11) is 0. The second kappa shape index (κ2) is 5.58. The number of nitrogen functional groups attached to an aromatic ring is 1. The number of ether oxygens (including phenoxy) is 1. The Balaban J connectivity index is 2.75. The van der Waals surface area contributed by atoms with Crippen molar-refractivity contribution in [3.8, 4) is 5.88 Å². The summed E-state index contributed by atoms with van der Waals surface area (Å²) >= 11 is 0. The molecule has 0 radical (unpaired) electrons. The van der Waals surface area contributed by atoms with E-state index in [2.05, 4.69) is 15.3 Å². The Labute approximate surface area is 96.8 Å². The lowest BCUT2D eigenvalue weighted by atomic mass is 10.3. The quantitative estimate of drug-likeness (QED) is 0.678. The number of hydrogen-bond donors (Lipinski definition) is 3. The Bertz CT molecular complexity index is 376. The molecule has 0 aromatic carbocycles. The van der Waals surface area contributed by atoms with Crippen LogP contribution in [0.5, 0.6) is 5.88 Å². The van der Waals surface area contributed by atoms with Crippen molar-refractivity contribution in [1.82, 2.24) is 9.97 Å². The number of alkyl halides is 2. The van der Waals surface area contributed by atoms with Gasteiger partial charge in [0.2, 0.25) is 5.88 Å². The van der Waals surface area contributed by atoms with Crippen molar-refractivity contribution in [2.45, 2.75) is 12.8 Å². The van der Waals surface area contributed by atoms with Crippen LogP contribution in [0.15, 0.2) is 6.33 Å². The number of aliphatic hydroxyl groups excluding tert-OH is 1. The number of rotatable bonds is 6. The molecule has 1 heterocycles. The number of aliphatic hydroxyl groups is 1. The molecule has 4 N–H and O–H groups in total. The number of anilines is 2. The minimum atomic E-state index is -3.23. The number of halogens is 2. The van der Waals surface area contributed by atoms with Gasteiger partial charge in [0.1, 0.15) is 18.6 Å². The van der Waals surface area contributed by atoms with Crippen LogP contribution in [0.3, 0.4) is 0 Å². The van der Waals surface area contributed by atoms with E-state index in [0.29, 0.717) is 6.61 Å². The fraction of sp³-hybridized carbons (Fsp3) is 0.556. The normalized spacial score (nSPS) is 11.3. The molecule has 0 atom stereocenters. The molecule has 0 spiro atoms. The van der Waals surface area contributed by atoms with Gasteiger partial charge in [-0.05, 0) is 6.92 Å². The second-order valence-corrected chi connectivity index (χ2v) is 3.24. The average Bonchev–Trinajstić information content (AvgIpc) is 2.31. The molecule has 0 bridgehead atoms. The van der Waals surface area contributed by atoms with Crippen molar-refractivity contribution in [1.29, 1.82) is 0 Å². The molecular formula is C9H14F2N4O2. The van der Waals surface area contributed by atoms with Gasteiger partial charge in [-0.3, -0.25) is 0 Å². The molecule has 0 saturated heterocycles. The smallest absolute Gasteiger partial charge is 0.287 e. The van der Waals surface area contributed by atoms with Crippen molar-refractivity contribution in [2.75, 3.05) is 30.8 Å². The van der Waals surface area contributed by atoms with Crippen LogP contribution in [0.1, 0.15) is 6.92 Å². The van der Waals surface area contributed by atoms with E-state index >= 15 is 0 Å². The lowest BCUT2D eigenvalue weighted by Crippen LogP contribution is -2.31. The largest absolute Gasteiger partial charge is 0.476 e. The Morgan fingerprint density at radius 2 is 2.24 bits per heavy atom. The summed E-state index contributed by atoms with van der Waals surface area (Å²) in [6.07, 6.45) is 1.15. The predicted molar refractivity (Wildman–Crippen MR) is 58.1 cm³/mol. The molecule has 0 aliphatic rings. The zero-order valence-electron chi connectivity index (χ0n) is 9.28. The Morgan fingerprint density at radius 3 is 2.82 bits per heavy atom. The molecule has 96 valence electrons. The van der Waals surface area contributed by atoms with E-state index in [1.165, 1.54) is 0 Å². The van der Waals surface area contributed by atoms with Gasteiger partial charge >= 0.3 is 0 Å². The van der Waals surface area contributed by atoms with Gasteiger partial charge in [-0.25, -0.2) is 13.8 Å². The lowest BCUT2D eigenvalue weighted by molar-refractivity contribution is -0.0373. The van der Waals surface area contributed by atoms with Crippen LogP contribution >= 0.6 is 0 Å². The highest BCUT2D eigenvalue weighted by molar-refractivity contribution is 5.66. The minimum Gasteiger partial charge on any atom is -0.476 e. The maximum Gasteiger partial charge on any atom is 0.287 e. The maximum absolute atomic E-state index is 12.8. The molecule has 0 fully saturated rings. The fourth-order valence-corrected chi connectivity index (χ4v) is 1.04. The van der Waals surface area contributed by atoms with E-state index in [9.17, 15) is 8.78 Å². The monoisotopic (exact) mass is 248 g/mol. The standard InChI is InChI=1S/C9H14F2N4O2/c1-2-17-8-6(12)7(14-5-15-8)13-3-9(10,11)4-16/h5,16H,2-4,12H2,1H3,(H,13,14,15). The Kier molecular flexibility index (Phi) is 4.38. The van der Waals surface area contributed by atoms with Crippen molar-refractivity contribution in [3.05, 3.63) is 6.33 Å². The zero-order valence-corrected chi connectivity index (χ0v) is 9.28. The minimum absolute atomic E-state index is 0.0524. The lowest BCUT2D eigenvalue weighted by Gasteiger charge is -2.15. The number of nitrogens with two attached hydrogens (primary N) is 1. The van der Waals surface area contributed by atoms with Gasteiger partial charge in [0.05, 0.1) is 13.2 Å². The van der Waals surface area contributed by atoms with Crippen LogP contribution in [-0.4, -0.2) is 40.8 Å². The summed E-state index contributed by atoms with van der Waals surface area (Å²) in [5, 5.41) is 10.7. The van der Waals surface area contributed by atoms with Crippen molar-refractivity contribution in [2.24, 2.45) is 0 Å². The maximum atomic E-state index is 12.8. The number of nitrogens with zero attached hydrogens (tertiary/aromatic N) is 2. The highest BCUT2D eigenvalue weighted by Gasteiger charge is 2.28. The summed E-state index contributed by atoms with van der Waals surface area (Å²) in [4.78, 5) is 7.47. The van der Waals surface area contributed by atoms with Crippen LogP contribution in [0.25, 0.3) is 0 Å². The molecule has 6 nitrogen and oxygen atoms in total. The highest BCUT2D eigenvalue weighted by atomic mass is 19.3. The molecular weight excluding hydrogens is 234 g/mol. The van der Waals surface area contributed by atoms with E-state index in [-0.39, 0.29) is 17.4 Å². The Hall–Kier alpha value is -1.70. The van der Waals surface area contributed by atoms with E-state index < -0.39 is 19.1 Å². The van der Waals surface area contributed by atoms with Crippen LogP contribution in [0.2, 0.25) is 0 Å². The van der Waals surface area contributed by atoms with E-state index in [1.54, 1.807) is 6.92 Å². The summed E-state index contributed by atoms with van der Waals surface area (Å²) < 4.78 is 30.7. The number of nitrogens with one attached hydrogen (secondary N) is 1. The third kappa shape index (κ3) is 3.66. The van der Waals surface area contributed by atoms with Crippen molar-refractivity contribution in [3.63, 3.8) is 0 Å². The molecule has 1 aromatic rings. The first-order valence-electron chi connectivity index (χ1n) is 4.96. The fourth-order valence-electron chi connectivity index (χ4n) is 1.04. The third-order valence-corrected chi connectivity index (χ3v) is 1.87. The molecule has 1 rings (SSSR count). The summed E-state index contributed by atoms with van der Waals surface area (Å²) in [5.41, 5.74) is 5.68. The molecule has 0 aliphatic heterocycles. The summed E-state index contributed by atoms with van der Waals surface area (Å²) in [6.45, 7) is 0.0849. The first kappa shape index (κ1) is 13.4. The molecule has 1 aromatic heterocycles.